The highest BCUT2D eigenvalue weighted by atomic mass is 16.3. The number of benzene rings is 9. The Morgan fingerprint density at radius 2 is 0.905 bits per heavy atom. The van der Waals surface area contributed by atoms with Gasteiger partial charge in [-0.25, -0.2) is 4.98 Å². The van der Waals surface area contributed by atoms with Crippen LogP contribution >= 0.6 is 0 Å². The zero-order chi connectivity index (χ0) is 41.4. The van der Waals surface area contributed by atoms with Gasteiger partial charge in [0.05, 0.1) is 22.1 Å². The molecule has 6 nitrogen and oxygen atoms in total. The molecule has 0 atom stereocenters. The third-order valence-electron chi connectivity index (χ3n) is 12.4. The molecule has 4 heterocycles. The number of nitrogens with zero attached hydrogens (tertiary/aromatic N) is 5. The predicted molar refractivity (Wildman–Crippen MR) is 258 cm³/mol. The molecular formula is C57H35N5O. The maximum atomic E-state index is 6.16. The Morgan fingerprint density at radius 3 is 1.71 bits per heavy atom. The highest BCUT2D eigenvalue weighted by molar-refractivity contribution is 6.26. The lowest BCUT2D eigenvalue weighted by Crippen LogP contribution is -2.06. The number of para-hydroxylation sites is 3. The molecule has 294 valence electrons. The fourth-order valence-electron chi connectivity index (χ4n) is 9.50. The number of rotatable bonds is 6. The van der Waals surface area contributed by atoms with Crippen LogP contribution in [0.3, 0.4) is 0 Å². The molecule has 0 amide bonds. The molecule has 63 heavy (non-hydrogen) atoms. The van der Waals surface area contributed by atoms with Gasteiger partial charge in [0.2, 0.25) is 5.95 Å². The second kappa shape index (κ2) is 14.0. The third kappa shape index (κ3) is 5.62. The Labute approximate surface area is 361 Å². The lowest BCUT2D eigenvalue weighted by Gasteiger charge is -2.12. The van der Waals surface area contributed by atoms with Gasteiger partial charge >= 0.3 is 0 Å². The molecule has 0 spiro atoms. The van der Waals surface area contributed by atoms with E-state index in [1.807, 2.05) is 30.3 Å². The first-order valence-electron chi connectivity index (χ1n) is 21.2. The molecule has 13 aromatic rings. The average Bonchev–Trinajstić information content (AvgIpc) is 4.02. The molecule has 0 saturated carbocycles. The lowest BCUT2D eigenvalue weighted by atomic mass is 10.0. The molecule has 9 aromatic carbocycles. The van der Waals surface area contributed by atoms with E-state index in [9.17, 15) is 0 Å². The van der Waals surface area contributed by atoms with Crippen LogP contribution in [0.1, 0.15) is 0 Å². The van der Waals surface area contributed by atoms with E-state index < -0.39 is 0 Å². The fourth-order valence-corrected chi connectivity index (χ4v) is 9.50. The van der Waals surface area contributed by atoms with Gasteiger partial charge in [-0.15, -0.1) is 0 Å². The topological polar surface area (TPSA) is 61.7 Å². The van der Waals surface area contributed by atoms with E-state index >= 15 is 0 Å². The quantitative estimate of drug-likeness (QED) is 0.168. The molecule has 4 aromatic heterocycles. The zero-order valence-electron chi connectivity index (χ0n) is 33.9. The van der Waals surface area contributed by atoms with Crippen molar-refractivity contribution in [2.75, 3.05) is 0 Å². The van der Waals surface area contributed by atoms with Gasteiger partial charge < -0.3 is 8.98 Å². The molecule has 0 saturated heterocycles. The van der Waals surface area contributed by atoms with E-state index in [1.54, 1.807) is 0 Å². The summed E-state index contributed by atoms with van der Waals surface area (Å²) in [5, 5.41) is 6.83. The Kier molecular flexibility index (Phi) is 7.80. The zero-order valence-corrected chi connectivity index (χ0v) is 33.9. The molecule has 0 radical (unpaired) electrons. The van der Waals surface area contributed by atoms with Gasteiger partial charge in [-0.1, -0.05) is 158 Å². The summed E-state index contributed by atoms with van der Waals surface area (Å²) in [6, 6.07) is 74.5. The van der Waals surface area contributed by atoms with Crippen LogP contribution in [0, 0.1) is 0 Å². The van der Waals surface area contributed by atoms with Crippen molar-refractivity contribution in [2.24, 2.45) is 0 Å². The van der Waals surface area contributed by atoms with Crippen LogP contribution in [0.2, 0.25) is 0 Å². The second-order valence-corrected chi connectivity index (χ2v) is 16.0. The van der Waals surface area contributed by atoms with Crippen LogP contribution in [-0.2, 0) is 0 Å². The molecule has 0 fully saturated rings. The summed E-state index contributed by atoms with van der Waals surface area (Å²) in [6.45, 7) is 0. The number of hydrogen-bond acceptors (Lipinski definition) is 4. The highest BCUT2D eigenvalue weighted by Gasteiger charge is 2.23. The second-order valence-electron chi connectivity index (χ2n) is 16.0. The molecule has 0 aliphatic heterocycles. The van der Waals surface area contributed by atoms with Gasteiger partial charge in [0, 0.05) is 49.1 Å². The largest absolute Gasteiger partial charge is 0.456 e. The maximum Gasteiger partial charge on any atom is 0.238 e. The van der Waals surface area contributed by atoms with Crippen molar-refractivity contribution >= 4 is 65.6 Å². The third-order valence-corrected chi connectivity index (χ3v) is 12.4. The van der Waals surface area contributed by atoms with Crippen LogP contribution in [0.15, 0.2) is 217 Å². The SMILES string of the molecule is c1ccc(-c2cccc(-n3c4ccccc4c4ccc5c(c6ccccc6n5-c5nc(-c6ccccc6)nc(-c6cccc(-c7ccc8oc9ccccc9c8c7)c6)n5)c43)c2)cc1. The van der Waals surface area contributed by atoms with Gasteiger partial charge in [0.15, 0.2) is 11.6 Å². The first-order chi connectivity index (χ1) is 31.2. The summed E-state index contributed by atoms with van der Waals surface area (Å²) < 4.78 is 10.8. The van der Waals surface area contributed by atoms with E-state index in [-0.39, 0.29) is 0 Å². The van der Waals surface area contributed by atoms with E-state index in [1.165, 1.54) is 21.9 Å². The van der Waals surface area contributed by atoms with Gasteiger partial charge in [-0.3, -0.25) is 4.57 Å². The summed E-state index contributed by atoms with van der Waals surface area (Å²) in [5.41, 5.74) is 13.5. The molecular weight excluding hydrogens is 771 g/mol. The molecule has 13 rings (SSSR count). The molecule has 0 aliphatic carbocycles. The van der Waals surface area contributed by atoms with Gasteiger partial charge in [0.25, 0.3) is 0 Å². The Bertz CT molecular complexity index is 3920. The van der Waals surface area contributed by atoms with Crippen molar-refractivity contribution in [2.45, 2.75) is 0 Å². The van der Waals surface area contributed by atoms with Crippen LogP contribution in [-0.4, -0.2) is 24.1 Å². The minimum atomic E-state index is 0.551. The molecule has 0 bridgehead atoms. The normalized spacial score (nSPS) is 11.8. The van der Waals surface area contributed by atoms with Crippen LogP contribution in [0.25, 0.3) is 122 Å². The predicted octanol–water partition coefficient (Wildman–Crippen LogP) is 14.6. The maximum absolute atomic E-state index is 6.16. The Balaban J connectivity index is 1.05. The van der Waals surface area contributed by atoms with E-state index in [0.29, 0.717) is 17.6 Å². The van der Waals surface area contributed by atoms with E-state index in [2.05, 4.69) is 191 Å². The monoisotopic (exact) mass is 805 g/mol. The van der Waals surface area contributed by atoms with Crippen molar-refractivity contribution in [3.05, 3.63) is 212 Å². The van der Waals surface area contributed by atoms with Crippen molar-refractivity contribution in [3.8, 4) is 56.7 Å². The van der Waals surface area contributed by atoms with Crippen molar-refractivity contribution in [1.29, 1.82) is 0 Å². The number of aromatic nitrogens is 5. The Morgan fingerprint density at radius 1 is 0.317 bits per heavy atom. The smallest absolute Gasteiger partial charge is 0.238 e. The molecule has 0 N–H and O–H groups in total. The summed E-state index contributed by atoms with van der Waals surface area (Å²) in [7, 11) is 0. The van der Waals surface area contributed by atoms with Crippen LogP contribution in [0.4, 0.5) is 0 Å². The minimum Gasteiger partial charge on any atom is -0.456 e. The molecule has 0 aliphatic rings. The standard InChI is InChI=1S/C57H35N5O/c1-3-15-36(16-4-1)39-20-14-22-42(34-39)61-48-26-10-7-23-43(48)45-30-31-50-53(54(45)61)46-25-8-11-27-49(46)62(50)57-59-55(37-17-5-2-6-18-37)58-56(60-57)41-21-13-19-38(33-41)40-29-32-52-47(35-40)44-24-9-12-28-51(44)63-52/h1-35H. The summed E-state index contributed by atoms with van der Waals surface area (Å²) in [5.74, 6) is 1.75. The van der Waals surface area contributed by atoms with Crippen molar-refractivity contribution < 1.29 is 4.42 Å². The number of hydrogen-bond donors (Lipinski definition) is 0. The lowest BCUT2D eigenvalue weighted by molar-refractivity contribution is 0.669. The minimum absolute atomic E-state index is 0.551. The van der Waals surface area contributed by atoms with Gasteiger partial charge in [-0.05, 0) is 76.9 Å². The Hall–Kier alpha value is -8.61. The number of fused-ring (bicyclic) bond motifs is 10. The van der Waals surface area contributed by atoms with Crippen LogP contribution in [0.5, 0.6) is 0 Å². The van der Waals surface area contributed by atoms with Gasteiger partial charge in [-0.2, -0.15) is 9.97 Å². The first-order valence-corrected chi connectivity index (χ1v) is 21.2. The summed E-state index contributed by atoms with van der Waals surface area (Å²) in [6.07, 6.45) is 0. The molecule has 0 unspecified atom stereocenters. The highest BCUT2D eigenvalue weighted by Crippen LogP contribution is 2.42. The van der Waals surface area contributed by atoms with Gasteiger partial charge in [0.1, 0.15) is 11.2 Å². The fraction of sp³-hybridized carbons (Fsp3) is 0. The first kappa shape index (κ1) is 35.2. The molecule has 6 heteroatoms. The van der Waals surface area contributed by atoms with E-state index in [0.717, 1.165) is 82.7 Å². The van der Waals surface area contributed by atoms with Crippen molar-refractivity contribution in [3.63, 3.8) is 0 Å². The van der Waals surface area contributed by atoms with Crippen LogP contribution < -0.4 is 0 Å². The summed E-state index contributed by atoms with van der Waals surface area (Å²) in [4.78, 5) is 15.8. The van der Waals surface area contributed by atoms with E-state index in [4.69, 9.17) is 19.4 Å². The summed E-state index contributed by atoms with van der Waals surface area (Å²) >= 11 is 0. The average molecular weight is 806 g/mol. The van der Waals surface area contributed by atoms with Crippen molar-refractivity contribution in [1.82, 2.24) is 24.1 Å². The number of furan rings is 1.